The van der Waals surface area contributed by atoms with Crippen LogP contribution in [0.2, 0.25) is 5.02 Å². The summed E-state index contributed by atoms with van der Waals surface area (Å²) in [5, 5.41) is 8.06. The minimum absolute atomic E-state index is 0.00565. The summed E-state index contributed by atoms with van der Waals surface area (Å²) < 4.78 is 30.7. The summed E-state index contributed by atoms with van der Waals surface area (Å²) in [5.74, 6) is -4.14. The average Bonchev–Trinajstić information content (AvgIpc) is 2.14. The van der Waals surface area contributed by atoms with Crippen LogP contribution in [0.25, 0.3) is 0 Å². The van der Waals surface area contributed by atoms with E-state index in [1.165, 1.54) is 0 Å². The number of aliphatic carboxylic acids is 1. The molecule has 15 heavy (non-hydrogen) atoms. The van der Waals surface area contributed by atoms with Gasteiger partial charge in [-0.15, -0.1) is 0 Å². The molecule has 0 aliphatic heterocycles. The number of halogens is 3. The highest BCUT2D eigenvalue weighted by Gasteiger charge is 2.19. The highest BCUT2D eigenvalue weighted by Crippen LogP contribution is 2.30. The molecular formula is C9H7ClF2O3. The van der Waals surface area contributed by atoms with Crippen LogP contribution in [0.1, 0.15) is 5.56 Å². The normalized spacial score (nSPS) is 10.1. The van der Waals surface area contributed by atoms with Gasteiger partial charge in [-0.2, -0.15) is 4.39 Å². The quantitative estimate of drug-likeness (QED) is 0.819. The number of methoxy groups -OCH3 is 1. The van der Waals surface area contributed by atoms with Crippen LogP contribution in [0, 0.1) is 11.6 Å². The first-order valence-electron chi connectivity index (χ1n) is 3.89. The van der Waals surface area contributed by atoms with Crippen molar-refractivity contribution in [3.8, 4) is 5.75 Å². The maximum Gasteiger partial charge on any atom is 0.307 e. The predicted octanol–water partition coefficient (Wildman–Crippen LogP) is 2.25. The molecule has 0 spiro atoms. The summed E-state index contributed by atoms with van der Waals surface area (Å²) in [7, 11) is 1.12. The van der Waals surface area contributed by atoms with Gasteiger partial charge in [-0.1, -0.05) is 11.6 Å². The van der Waals surface area contributed by atoms with E-state index in [4.69, 9.17) is 16.7 Å². The molecule has 0 heterocycles. The molecule has 1 aromatic rings. The van der Waals surface area contributed by atoms with Gasteiger partial charge >= 0.3 is 5.97 Å². The van der Waals surface area contributed by atoms with Gasteiger partial charge in [0, 0.05) is 5.56 Å². The molecule has 0 atom stereocenters. The number of carbonyl (C=O) groups is 1. The summed E-state index contributed by atoms with van der Waals surface area (Å²) >= 11 is 5.37. The second-order valence-electron chi connectivity index (χ2n) is 2.75. The molecule has 6 heteroatoms. The molecule has 82 valence electrons. The van der Waals surface area contributed by atoms with E-state index < -0.39 is 34.8 Å². The van der Waals surface area contributed by atoms with Gasteiger partial charge in [0.2, 0.25) is 5.82 Å². The number of carboxylic acids is 1. The highest BCUT2D eigenvalue weighted by atomic mass is 35.5. The van der Waals surface area contributed by atoms with Crippen LogP contribution in [0.3, 0.4) is 0 Å². The Balaban J connectivity index is 3.31. The zero-order valence-electron chi connectivity index (χ0n) is 7.68. The van der Waals surface area contributed by atoms with Crippen molar-refractivity contribution in [1.82, 2.24) is 0 Å². The Morgan fingerprint density at radius 2 is 2.13 bits per heavy atom. The zero-order chi connectivity index (χ0) is 11.6. The molecule has 1 rings (SSSR count). The molecule has 0 bridgehead atoms. The van der Waals surface area contributed by atoms with E-state index in [0.717, 1.165) is 13.2 Å². The number of ether oxygens (including phenoxy) is 1. The predicted molar refractivity (Wildman–Crippen MR) is 49.3 cm³/mol. The van der Waals surface area contributed by atoms with E-state index in [2.05, 4.69) is 4.74 Å². The lowest BCUT2D eigenvalue weighted by molar-refractivity contribution is -0.136. The van der Waals surface area contributed by atoms with Crippen LogP contribution >= 0.6 is 11.6 Å². The Kier molecular flexibility index (Phi) is 3.47. The van der Waals surface area contributed by atoms with Gasteiger partial charge in [-0.3, -0.25) is 4.79 Å². The first kappa shape index (κ1) is 11.7. The fourth-order valence-corrected chi connectivity index (χ4v) is 1.36. The Morgan fingerprint density at radius 1 is 1.53 bits per heavy atom. The summed E-state index contributed by atoms with van der Waals surface area (Å²) in [6.45, 7) is 0. The fraction of sp³-hybridized carbons (Fsp3) is 0.222. The number of rotatable bonds is 3. The van der Waals surface area contributed by atoms with Crippen molar-refractivity contribution in [2.24, 2.45) is 0 Å². The third kappa shape index (κ3) is 2.36. The van der Waals surface area contributed by atoms with Crippen LogP contribution in [-0.4, -0.2) is 18.2 Å². The summed E-state index contributed by atoms with van der Waals surface area (Å²) in [5.41, 5.74) is -0.00565. The molecule has 0 aliphatic carbocycles. The largest absolute Gasteiger partial charge is 0.493 e. The standard InChI is InChI=1S/C9H7ClF2O3/c1-15-9-4(3-6(13)14)2-5(10)7(11)8(9)12/h2H,3H2,1H3,(H,13,14). The SMILES string of the molecule is COc1c(CC(=O)O)cc(Cl)c(F)c1F. The van der Waals surface area contributed by atoms with Crippen LogP contribution in [0.4, 0.5) is 8.78 Å². The van der Waals surface area contributed by atoms with E-state index in [0.29, 0.717) is 0 Å². The lowest BCUT2D eigenvalue weighted by Gasteiger charge is -2.09. The highest BCUT2D eigenvalue weighted by molar-refractivity contribution is 6.30. The van der Waals surface area contributed by atoms with E-state index >= 15 is 0 Å². The van der Waals surface area contributed by atoms with Crippen LogP contribution in [-0.2, 0) is 11.2 Å². The third-order valence-corrected chi connectivity index (χ3v) is 2.02. The maximum absolute atomic E-state index is 13.2. The molecule has 1 N–H and O–H groups in total. The van der Waals surface area contributed by atoms with Crippen molar-refractivity contribution in [1.29, 1.82) is 0 Å². The summed E-state index contributed by atoms with van der Waals surface area (Å²) in [6, 6.07) is 1.03. The van der Waals surface area contributed by atoms with Crippen molar-refractivity contribution in [2.75, 3.05) is 7.11 Å². The lowest BCUT2D eigenvalue weighted by Crippen LogP contribution is -2.05. The van der Waals surface area contributed by atoms with Gasteiger partial charge in [0.15, 0.2) is 11.6 Å². The van der Waals surface area contributed by atoms with E-state index in [1.54, 1.807) is 0 Å². The fourth-order valence-electron chi connectivity index (χ4n) is 1.14. The van der Waals surface area contributed by atoms with Crippen molar-refractivity contribution in [3.63, 3.8) is 0 Å². The van der Waals surface area contributed by atoms with Crippen molar-refractivity contribution >= 4 is 17.6 Å². The molecule has 1 aromatic carbocycles. The molecule has 0 radical (unpaired) electrons. The Labute approximate surface area is 89.2 Å². The smallest absolute Gasteiger partial charge is 0.307 e. The third-order valence-electron chi connectivity index (χ3n) is 1.74. The second-order valence-corrected chi connectivity index (χ2v) is 3.16. The van der Waals surface area contributed by atoms with E-state index in [-0.39, 0.29) is 5.56 Å². The number of carboxylic acid groups (broad SMARTS) is 1. The van der Waals surface area contributed by atoms with Gasteiger partial charge in [-0.05, 0) is 6.07 Å². The molecular weight excluding hydrogens is 230 g/mol. The van der Waals surface area contributed by atoms with Crippen molar-refractivity contribution in [3.05, 3.63) is 28.3 Å². The topological polar surface area (TPSA) is 46.5 Å². The minimum Gasteiger partial charge on any atom is -0.493 e. The Hall–Kier alpha value is -1.36. The Bertz CT molecular complexity index is 407. The van der Waals surface area contributed by atoms with Crippen molar-refractivity contribution in [2.45, 2.75) is 6.42 Å². The van der Waals surface area contributed by atoms with E-state index in [9.17, 15) is 13.6 Å². The van der Waals surface area contributed by atoms with Crippen LogP contribution in [0.5, 0.6) is 5.75 Å². The van der Waals surface area contributed by atoms with Gasteiger partial charge < -0.3 is 9.84 Å². The number of benzene rings is 1. The first-order valence-corrected chi connectivity index (χ1v) is 4.27. The average molecular weight is 237 g/mol. The zero-order valence-corrected chi connectivity index (χ0v) is 8.44. The summed E-state index contributed by atoms with van der Waals surface area (Å²) in [6.07, 6.45) is -0.486. The molecule has 0 saturated carbocycles. The molecule has 0 aliphatic rings. The van der Waals surface area contributed by atoms with E-state index in [1.807, 2.05) is 0 Å². The monoisotopic (exact) mass is 236 g/mol. The molecule has 0 saturated heterocycles. The van der Waals surface area contributed by atoms with Crippen LogP contribution in [0.15, 0.2) is 6.07 Å². The maximum atomic E-state index is 13.2. The van der Waals surface area contributed by atoms with Gasteiger partial charge in [0.1, 0.15) is 0 Å². The van der Waals surface area contributed by atoms with Crippen LogP contribution < -0.4 is 4.74 Å². The number of hydrogen-bond acceptors (Lipinski definition) is 2. The molecule has 0 amide bonds. The van der Waals surface area contributed by atoms with Gasteiger partial charge in [-0.25, -0.2) is 4.39 Å². The molecule has 3 nitrogen and oxygen atoms in total. The van der Waals surface area contributed by atoms with Gasteiger partial charge in [0.05, 0.1) is 18.6 Å². The first-order chi connectivity index (χ1) is 6.97. The molecule has 0 unspecified atom stereocenters. The van der Waals surface area contributed by atoms with Crippen molar-refractivity contribution < 1.29 is 23.4 Å². The molecule has 0 aromatic heterocycles. The molecule has 0 fully saturated rings. The van der Waals surface area contributed by atoms with Gasteiger partial charge in [0.25, 0.3) is 0 Å². The lowest BCUT2D eigenvalue weighted by atomic mass is 10.1. The minimum atomic E-state index is -1.28. The second kappa shape index (κ2) is 4.44. The number of hydrogen-bond donors (Lipinski definition) is 1. The summed E-state index contributed by atoms with van der Waals surface area (Å²) in [4.78, 5) is 10.4. The Morgan fingerprint density at radius 3 is 2.60 bits per heavy atom.